The van der Waals surface area contributed by atoms with Crippen molar-refractivity contribution in [1.29, 1.82) is 0 Å². The third-order valence-corrected chi connectivity index (χ3v) is 2.67. The third kappa shape index (κ3) is 4.63. The Morgan fingerprint density at radius 2 is 2.23 bits per heavy atom. The summed E-state index contributed by atoms with van der Waals surface area (Å²) in [6, 6.07) is 0. The number of likely N-dealkylation sites (tertiary alicyclic amines) is 1. The molecule has 1 saturated heterocycles. The van der Waals surface area contributed by atoms with E-state index in [-0.39, 0.29) is 0 Å². The van der Waals surface area contributed by atoms with Crippen LogP contribution in [0.1, 0.15) is 27.2 Å². The summed E-state index contributed by atoms with van der Waals surface area (Å²) in [5.74, 6) is 1.70. The molecule has 0 bridgehead atoms. The van der Waals surface area contributed by atoms with Crippen LogP contribution in [0.15, 0.2) is 0 Å². The zero-order valence-electron chi connectivity index (χ0n) is 9.34. The van der Waals surface area contributed by atoms with Gasteiger partial charge in [0, 0.05) is 19.6 Å². The van der Waals surface area contributed by atoms with Crippen LogP contribution in [0.2, 0.25) is 0 Å². The van der Waals surface area contributed by atoms with E-state index in [1.807, 2.05) is 0 Å². The summed E-state index contributed by atoms with van der Waals surface area (Å²) in [7, 11) is 0. The first kappa shape index (κ1) is 11.0. The highest BCUT2D eigenvalue weighted by Crippen LogP contribution is 2.13. The minimum Gasteiger partial charge on any atom is -0.315 e. The van der Waals surface area contributed by atoms with Gasteiger partial charge in [0.1, 0.15) is 0 Å². The van der Waals surface area contributed by atoms with Crippen molar-refractivity contribution in [3.8, 4) is 0 Å². The Labute approximate surface area is 82.7 Å². The molecular formula is C11H24N2. The molecule has 78 valence electrons. The molecule has 0 aromatic rings. The Kier molecular flexibility index (Phi) is 4.74. The fourth-order valence-electron chi connectivity index (χ4n) is 1.86. The summed E-state index contributed by atoms with van der Waals surface area (Å²) >= 11 is 0. The van der Waals surface area contributed by atoms with E-state index in [1.165, 1.54) is 26.1 Å². The van der Waals surface area contributed by atoms with Crippen LogP contribution in [-0.4, -0.2) is 37.6 Å². The Balaban J connectivity index is 1.94. The Bertz CT molecular complexity index is 134. The Hall–Kier alpha value is -0.0800. The van der Waals surface area contributed by atoms with E-state index in [2.05, 4.69) is 31.0 Å². The minimum absolute atomic E-state index is 0.775. The van der Waals surface area contributed by atoms with Gasteiger partial charge in [-0.3, -0.25) is 0 Å². The van der Waals surface area contributed by atoms with Gasteiger partial charge >= 0.3 is 0 Å². The maximum atomic E-state index is 3.48. The molecule has 1 aliphatic rings. The summed E-state index contributed by atoms with van der Waals surface area (Å²) in [6.07, 6.45) is 1.39. The average Bonchev–Trinajstić information content (AvgIpc) is 2.45. The molecule has 2 heteroatoms. The van der Waals surface area contributed by atoms with Crippen molar-refractivity contribution in [2.45, 2.75) is 27.2 Å². The fraction of sp³-hybridized carbons (Fsp3) is 1.00. The van der Waals surface area contributed by atoms with Crippen molar-refractivity contribution in [1.82, 2.24) is 10.2 Å². The van der Waals surface area contributed by atoms with Gasteiger partial charge in [0.2, 0.25) is 0 Å². The summed E-state index contributed by atoms with van der Waals surface area (Å²) in [4.78, 5) is 2.57. The van der Waals surface area contributed by atoms with Gasteiger partial charge in [0.15, 0.2) is 0 Å². The van der Waals surface area contributed by atoms with Crippen molar-refractivity contribution in [2.24, 2.45) is 11.8 Å². The highest BCUT2D eigenvalue weighted by Gasteiger charge is 2.17. The molecule has 1 fully saturated rings. The molecule has 2 nitrogen and oxygen atoms in total. The van der Waals surface area contributed by atoms with Gasteiger partial charge in [-0.25, -0.2) is 0 Å². The summed E-state index contributed by atoms with van der Waals surface area (Å²) in [6.45, 7) is 13.0. The van der Waals surface area contributed by atoms with E-state index < -0.39 is 0 Å². The zero-order chi connectivity index (χ0) is 9.68. The molecule has 0 aromatic carbocycles. The molecule has 0 saturated carbocycles. The van der Waals surface area contributed by atoms with E-state index in [0.717, 1.165) is 24.9 Å². The quantitative estimate of drug-likeness (QED) is 0.653. The average molecular weight is 184 g/mol. The molecule has 1 unspecified atom stereocenters. The van der Waals surface area contributed by atoms with E-state index in [0.29, 0.717) is 0 Å². The lowest BCUT2D eigenvalue weighted by Gasteiger charge is -2.16. The first-order chi connectivity index (χ1) is 6.18. The topological polar surface area (TPSA) is 15.3 Å². The molecule has 0 spiro atoms. The number of hydrogen-bond donors (Lipinski definition) is 1. The second-order valence-electron chi connectivity index (χ2n) is 4.79. The molecule has 13 heavy (non-hydrogen) atoms. The molecule has 1 heterocycles. The van der Waals surface area contributed by atoms with E-state index in [4.69, 9.17) is 0 Å². The summed E-state index contributed by atoms with van der Waals surface area (Å²) in [5.41, 5.74) is 0. The summed E-state index contributed by atoms with van der Waals surface area (Å²) in [5, 5.41) is 3.48. The van der Waals surface area contributed by atoms with Gasteiger partial charge < -0.3 is 10.2 Å². The Morgan fingerprint density at radius 3 is 2.77 bits per heavy atom. The molecular weight excluding hydrogens is 160 g/mol. The van der Waals surface area contributed by atoms with Crippen LogP contribution < -0.4 is 5.32 Å². The monoisotopic (exact) mass is 184 g/mol. The zero-order valence-corrected chi connectivity index (χ0v) is 9.34. The van der Waals surface area contributed by atoms with Crippen molar-refractivity contribution >= 4 is 0 Å². The SMILES string of the molecule is CC(C)CNCCN1CCC(C)C1. The van der Waals surface area contributed by atoms with Crippen molar-refractivity contribution in [2.75, 3.05) is 32.7 Å². The van der Waals surface area contributed by atoms with Gasteiger partial charge in [0.25, 0.3) is 0 Å². The molecule has 1 N–H and O–H groups in total. The molecule has 0 amide bonds. The van der Waals surface area contributed by atoms with Crippen LogP contribution in [0.25, 0.3) is 0 Å². The fourth-order valence-corrected chi connectivity index (χ4v) is 1.86. The first-order valence-corrected chi connectivity index (χ1v) is 5.61. The molecule has 1 rings (SSSR count). The van der Waals surface area contributed by atoms with Gasteiger partial charge in [-0.1, -0.05) is 20.8 Å². The maximum absolute atomic E-state index is 3.48. The number of hydrogen-bond acceptors (Lipinski definition) is 2. The van der Waals surface area contributed by atoms with Crippen LogP contribution in [-0.2, 0) is 0 Å². The maximum Gasteiger partial charge on any atom is 0.0107 e. The summed E-state index contributed by atoms with van der Waals surface area (Å²) < 4.78 is 0. The highest BCUT2D eigenvalue weighted by molar-refractivity contribution is 4.72. The second-order valence-corrected chi connectivity index (χ2v) is 4.79. The van der Waals surface area contributed by atoms with Crippen LogP contribution in [0.3, 0.4) is 0 Å². The third-order valence-electron chi connectivity index (χ3n) is 2.67. The largest absolute Gasteiger partial charge is 0.315 e. The van der Waals surface area contributed by atoms with Gasteiger partial charge in [-0.2, -0.15) is 0 Å². The molecule has 1 aliphatic heterocycles. The lowest BCUT2D eigenvalue weighted by molar-refractivity contribution is 0.323. The minimum atomic E-state index is 0.775. The van der Waals surface area contributed by atoms with Gasteiger partial charge in [-0.15, -0.1) is 0 Å². The normalized spacial score (nSPS) is 24.5. The van der Waals surface area contributed by atoms with E-state index in [1.54, 1.807) is 0 Å². The number of rotatable bonds is 5. The smallest absolute Gasteiger partial charge is 0.0107 e. The van der Waals surface area contributed by atoms with Crippen LogP contribution in [0, 0.1) is 11.8 Å². The number of nitrogens with one attached hydrogen (secondary N) is 1. The van der Waals surface area contributed by atoms with Gasteiger partial charge in [0.05, 0.1) is 0 Å². The second kappa shape index (κ2) is 5.61. The molecule has 1 atom stereocenters. The molecule has 0 radical (unpaired) electrons. The van der Waals surface area contributed by atoms with Crippen molar-refractivity contribution in [3.05, 3.63) is 0 Å². The van der Waals surface area contributed by atoms with Crippen LogP contribution in [0.5, 0.6) is 0 Å². The lowest BCUT2D eigenvalue weighted by Crippen LogP contribution is -2.32. The van der Waals surface area contributed by atoms with E-state index >= 15 is 0 Å². The Morgan fingerprint density at radius 1 is 1.46 bits per heavy atom. The van der Waals surface area contributed by atoms with Crippen LogP contribution in [0.4, 0.5) is 0 Å². The lowest BCUT2D eigenvalue weighted by atomic mass is 10.2. The van der Waals surface area contributed by atoms with E-state index in [9.17, 15) is 0 Å². The molecule has 0 aliphatic carbocycles. The predicted molar refractivity (Wildman–Crippen MR) is 57.9 cm³/mol. The van der Waals surface area contributed by atoms with Crippen molar-refractivity contribution < 1.29 is 0 Å². The van der Waals surface area contributed by atoms with Crippen molar-refractivity contribution in [3.63, 3.8) is 0 Å². The first-order valence-electron chi connectivity index (χ1n) is 5.61. The van der Waals surface area contributed by atoms with Crippen LogP contribution >= 0.6 is 0 Å². The standard InChI is InChI=1S/C11H24N2/c1-10(2)8-12-5-7-13-6-4-11(3)9-13/h10-12H,4-9H2,1-3H3. The predicted octanol–water partition coefficient (Wildman–Crippen LogP) is 1.57. The van der Waals surface area contributed by atoms with Gasteiger partial charge in [-0.05, 0) is 31.3 Å². The number of nitrogens with zero attached hydrogens (tertiary/aromatic N) is 1. The highest BCUT2D eigenvalue weighted by atomic mass is 15.2. The molecule has 0 aromatic heterocycles.